The van der Waals surface area contributed by atoms with E-state index in [0.29, 0.717) is 22.8 Å². The van der Waals surface area contributed by atoms with Gasteiger partial charge >= 0.3 is 5.97 Å². The molecule has 0 aliphatic carbocycles. The first kappa shape index (κ1) is 15.1. The summed E-state index contributed by atoms with van der Waals surface area (Å²) < 4.78 is 16.3. The third-order valence-electron chi connectivity index (χ3n) is 3.64. The third-order valence-corrected chi connectivity index (χ3v) is 3.64. The summed E-state index contributed by atoms with van der Waals surface area (Å²) in [6, 6.07) is 12.3. The van der Waals surface area contributed by atoms with Crippen LogP contribution in [0.25, 0.3) is 0 Å². The number of methoxy groups -OCH3 is 1. The van der Waals surface area contributed by atoms with Crippen molar-refractivity contribution in [2.45, 2.75) is 19.4 Å². The van der Waals surface area contributed by atoms with Gasteiger partial charge in [-0.25, -0.2) is 0 Å². The van der Waals surface area contributed by atoms with Crippen molar-refractivity contribution in [2.75, 3.05) is 7.11 Å². The molecule has 1 aliphatic rings. The number of Topliss-reactive ketones (excluding diaryl/α,β-unsaturated/α-hetero) is 1. The van der Waals surface area contributed by atoms with E-state index in [2.05, 4.69) is 0 Å². The number of para-hydroxylation sites is 1. The second kappa shape index (κ2) is 6.12. The highest BCUT2D eigenvalue weighted by Crippen LogP contribution is 2.39. The first-order valence-corrected chi connectivity index (χ1v) is 7.23. The molecule has 1 heterocycles. The molecule has 118 valence electrons. The quantitative estimate of drug-likeness (QED) is 0.642. The number of rotatable bonds is 3. The van der Waals surface area contributed by atoms with Gasteiger partial charge in [0.1, 0.15) is 23.4 Å². The van der Waals surface area contributed by atoms with Crippen LogP contribution >= 0.6 is 0 Å². The van der Waals surface area contributed by atoms with E-state index >= 15 is 0 Å². The molecule has 0 amide bonds. The largest absolute Gasteiger partial charge is 0.496 e. The highest BCUT2D eigenvalue weighted by molar-refractivity contribution is 6.00. The number of hydrogen-bond donors (Lipinski definition) is 0. The standard InChI is InChI=1S/C18H16O5/c1-11(19)22-12-7-8-17-14(9-12)15(20)10-18(23-17)13-5-3-4-6-16(13)21-2/h3-9,18H,10H2,1-2H3. The van der Waals surface area contributed by atoms with Gasteiger partial charge in [-0.3, -0.25) is 9.59 Å². The van der Waals surface area contributed by atoms with Gasteiger partial charge in [-0.05, 0) is 24.3 Å². The van der Waals surface area contributed by atoms with Crippen LogP contribution in [-0.2, 0) is 4.79 Å². The van der Waals surface area contributed by atoms with Crippen molar-refractivity contribution in [3.8, 4) is 17.2 Å². The fourth-order valence-electron chi connectivity index (χ4n) is 2.64. The number of fused-ring (bicyclic) bond motifs is 1. The lowest BCUT2D eigenvalue weighted by molar-refractivity contribution is -0.131. The molecule has 1 aliphatic heterocycles. The van der Waals surface area contributed by atoms with Gasteiger partial charge in [-0.15, -0.1) is 0 Å². The smallest absolute Gasteiger partial charge is 0.308 e. The number of carbonyl (C=O) groups is 2. The molecule has 3 rings (SSSR count). The van der Waals surface area contributed by atoms with E-state index in [0.717, 1.165) is 5.56 Å². The van der Waals surface area contributed by atoms with Gasteiger partial charge < -0.3 is 14.2 Å². The van der Waals surface area contributed by atoms with Gasteiger partial charge in [-0.2, -0.15) is 0 Å². The molecule has 0 saturated heterocycles. The zero-order valence-electron chi connectivity index (χ0n) is 12.9. The Bertz CT molecular complexity index is 766. The molecular formula is C18H16O5. The molecule has 23 heavy (non-hydrogen) atoms. The molecule has 0 fully saturated rings. The number of benzene rings is 2. The van der Waals surface area contributed by atoms with Crippen LogP contribution in [0.4, 0.5) is 0 Å². The number of esters is 1. The summed E-state index contributed by atoms with van der Waals surface area (Å²) in [6.45, 7) is 1.31. The van der Waals surface area contributed by atoms with Crippen LogP contribution in [0, 0.1) is 0 Å². The summed E-state index contributed by atoms with van der Waals surface area (Å²) in [4.78, 5) is 23.5. The number of ketones is 1. The van der Waals surface area contributed by atoms with Gasteiger partial charge in [0.2, 0.25) is 0 Å². The van der Waals surface area contributed by atoms with E-state index in [1.165, 1.54) is 13.0 Å². The maximum Gasteiger partial charge on any atom is 0.308 e. The Morgan fingerprint density at radius 1 is 1.22 bits per heavy atom. The summed E-state index contributed by atoms with van der Waals surface area (Å²) in [5, 5.41) is 0. The van der Waals surface area contributed by atoms with Crippen LogP contribution in [0.1, 0.15) is 35.4 Å². The zero-order valence-corrected chi connectivity index (χ0v) is 12.9. The minimum absolute atomic E-state index is 0.0591. The van der Waals surface area contributed by atoms with Crippen LogP contribution in [0.2, 0.25) is 0 Å². The molecule has 0 radical (unpaired) electrons. The van der Waals surface area contributed by atoms with E-state index in [-0.39, 0.29) is 12.2 Å². The Hall–Kier alpha value is -2.82. The fraction of sp³-hybridized carbons (Fsp3) is 0.222. The molecule has 5 heteroatoms. The molecule has 2 aromatic rings. The lowest BCUT2D eigenvalue weighted by Crippen LogP contribution is -2.21. The minimum Gasteiger partial charge on any atom is -0.496 e. The Labute approximate surface area is 133 Å². The number of ether oxygens (including phenoxy) is 3. The van der Waals surface area contributed by atoms with Crippen molar-refractivity contribution in [1.82, 2.24) is 0 Å². The lowest BCUT2D eigenvalue weighted by Gasteiger charge is -2.26. The summed E-state index contributed by atoms with van der Waals surface area (Å²) in [6.07, 6.45) is -0.192. The molecule has 0 aromatic heterocycles. The van der Waals surface area contributed by atoms with Crippen molar-refractivity contribution in [1.29, 1.82) is 0 Å². The Kier molecular flexibility index (Phi) is 4.02. The lowest BCUT2D eigenvalue weighted by atomic mass is 9.95. The normalized spacial score (nSPS) is 16.3. The highest BCUT2D eigenvalue weighted by atomic mass is 16.5. The number of carbonyl (C=O) groups excluding carboxylic acids is 2. The van der Waals surface area contributed by atoms with Crippen LogP contribution in [0.15, 0.2) is 42.5 Å². The van der Waals surface area contributed by atoms with Crippen molar-refractivity contribution in [3.63, 3.8) is 0 Å². The fourth-order valence-corrected chi connectivity index (χ4v) is 2.64. The molecule has 1 atom stereocenters. The van der Waals surface area contributed by atoms with Crippen molar-refractivity contribution >= 4 is 11.8 Å². The first-order chi connectivity index (χ1) is 11.1. The summed E-state index contributed by atoms with van der Waals surface area (Å²) in [7, 11) is 1.59. The van der Waals surface area contributed by atoms with Crippen molar-refractivity contribution in [3.05, 3.63) is 53.6 Å². The topological polar surface area (TPSA) is 61.8 Å². The second-order valence-corrected chi connectivity index (χ2v) is 5.23. The maximum absolute atomic E-state index is 12.4. The molecule has 1 unspecified atom stereocenters. The van der Waals surface area contributed by atoms with Gasteiger partial charge in [0.15, 0.2) is 5.78 Å². The molecular weight excluding hydrogens is 296 g/mol. The summed E-state index contributed by atoms with van der Waals surface area (Å²) in [5.74, 6) is 1.01. The predicted octanol–water partition coefficient (Wildman–Crippen LogP) is 3.33. The van der Waals surface area contributed by atoms with Crippen LogP contribution in [-0.4, -0.2) is 18.9 Å². The zero-order chi connectivity index (χ0) is 16.4. The Balaban J connectivity index is 1.92. The van der Waals surface area contributed by atoms with Gasteiger partial charge in [0.25, 0.3) is 0 Å². The first-order valence-electron chi connectivity index (χ1n) is 7.23. The van der Waals surface area contributed by atoms with Gasteiger partial charge in [-0.1, -0.05) is 18.2 Å². The summed E-state index contributed by atoms with van der Waals surface area (Å²) in [5.41, 5.74) is 1.26. The average Bonchev–Trinajstić information content (AvgIpc) is 2.54. The van der Waals surface area contributed by atoms with Crippen LogP contribution in [0.3, 0.4) is 0 Å². The van der Waals surface area contributed by atoms with E-state index in [1.54, 1.807) is 19.2 Å². The average molecular weight is 312 g/mol. The monoisotopic (exact) mass is 312 g/mol. The Morgan fingerprint density at radius 2 is 2.00 bits per heavy atom. The van der Waals surface area contributed by atoms with Gasteiger partial charge in [0, 0.05) is 12.5 Å². The van der Waals surface area contributed by atoms with Crippen LogP contribution < -0.4 is 14.2 Å². The molecule has 5 nitrogen and oxygen atoms in total. The van der Waals surface area contributed by atoms with E-state index < -0.39 is 12.1 Å². The maximum atomic E-state index is 12.4. The van der Waals surface area contributed by atoms with Crippen LogP contribution in [0.5, 0.6) is 17.2 Å². The van der Waals surface area contributed by atoms with Crippen molar-refractivity contribution < 1.29 is 23.8 Å². The van der Waals surface area contributed by atoms with E-state index in [4.69, 9.17) is 14.2 Å². The molecule has 2 aromatic carbocycles. The van der Waals surface area contributed by atoms with Crippen molar-refractivity contribution in [2.24, 2.45) is 0 Å². The molecule has 0 bridgehead atoms. The third kappa shape index (κ3) is 3.04. The van der Waals surface area contributed by atoms with E-state index in [1.807, 2.05) is 24.3 Å². The Morgan fingerprint density at radius 3 is 2.74 bits per heavy atom. The van der Waals surface area contributed by atoms with Gasteiger partial charge in [0.05, 0.1) is 19.1 Å². The van der Waals surface area contributed by atoms with E-state index in [9.17, 15) is 9.59 Å². The summed E-state index contributed by atoms with van der Waals surface area (Å²) >= 11 is 0. The highest BCUT2D eigenvalue weighted by Gasteiger charge is 2.29. The molecule has 0 saturated carbocycles. The second-order valence-electron chi connectivity index (χ2n) is 5.23. The molecule has 0 spiro atoms. The SMILES string of the molecule is COc1ccccc1C1CC(=O)c2cc(OC(C)=O)ccc2O1. The minimum atomic E-state index is -0.430. The predicted molar refractivity (Wildman–Crippen MR) is 83.1 cm³/mol. The number of hydrogen-bond acceptors (Lipinski definition) is 5. The molecule has 0 N–H and O–H groups in total.